The van der Waals surface area contributed by atoms with Crippen molar-refractivity contribution in [2.45, 2.75) is 19.1 Å². The topological polar surface area (TPSA) is 79.8 Å². The molecular weight excluding hydrogens is 248 g/mol. The fraction of sp³-hybridized carbons (Fsp3) is 0.417. The molecule has 3 heterocycles. The standard InChI is InChI=1S/C12H14N4O3/c17-9-4-6-14(7-9)11(18)8-16-12(19)15-5-2-1-3-10(15)13-16/h1-3,5,9,17H,4,6-8H2. The molecule has 1 N–H and O–H groups in total. The van der Waals surface area contributed by atoms with Crippen molar-refractivity contribution in [3.8, 4) is 0 Å². The summed E-state index contributed by atoms with van der Waals surface area (Å²) in [4.78, 5) is 25.5. The van der Waals surface area contributed by atoms with Crippen molar-refractivity contribution in [1.82, 2.24) is 19.1 Å². The van der Waals surface area contributed by atoms with Crippen molar-refractivity contribution in [3.63, 3.8) is 0 Å². The number of amides is 1. The molecule has 1 aliphatic rings. The Morgan fingerprint density at radius 1 is 1.47 bits per heavy atom. The van der Waals surface area contributed by atoms with E-state index in [0.717, 1.165) is 4.68 Å². The van der Waals surface area contributed by atoms with E-state index in [0.29, 0.717) is 25.2 Å². The third kappa shape index (κ3) is 2.12. The number of aromatic nitrogens is 3. The van der Waals surface area contributed by atoms with Gasteiger partial charge in [0.15, 0.2) is 5.65 Å². The summed E-state index contributed by atoms with van der Waals surface area (Å²) in [6.07, 6.45) is 1.75. The maximum atomic E-state index is 12.0. The van der Waals surface area contributed by atoms with Gasteiger partial charge in [0.2, 0.25) is 5.91 Å². The average molecular weight is 262 g/mol. The molecule has 7 heteroatoms. The molecule has 1 saturated heterocycles. The Balaban J connectivity index is 1.83. The van der Waals surface area contributed by atoms with Gasteiger partial charge in [0, 0.05) is 19.3 Å². The molecule has 19 heavy (non-hydrogen) atoms. The zero-order valence-electron chi connectivity index (χ0n) is 10.3. The highest BCUT2D eigenvalue weighted by molar-refractivity contribution is 5.76. The third-order valence-electron chi connectivity index (χ3n) is 3.29. The monoisotopic (exact) mass is 262 g/mol. The Kier molecular flexibility index (Phi) is 2.83. The minimum atomic E-state index is -0.457. The first kappa shape index (κ1) is 11.9. The number of hydrogen-bond donors (Lipinski definition) is 1. The van der Waals surface area contributed by atoms with Crippen LogP contribution in [0.25, 0.3) is 5.65 Å². The minimum absolute atomic E-state index is 0.0900. The van der Waals surface area contributed by atoms with Crippen LogP contribution >= 0.6 is 0 Å². The molecule has 100 valence electrons. The van der Waals surface area contributed by atoms with E-state index in [4.69, 9.17) is 0 Å². The van der Waals surface area contributed by atoms with Crippen LogP contribution in [0.5, 0.6) is 0 Å². The van der Waals surface area contributed by atoms with Crippen LogP contribution in [-0.2, 0) is 11.3 Å². The van der Waals surface area contributed by atoms with Crippen molar-refractivity contribution in [2.75, 3.05) is 13.1 Å². The van der Waals surface area contributed by atoms with Gasteiger partial charge in [-0.1, -0.05) is 6.07 Å². The summed E-state index contributed by atoms with van der Waals surface area (Å²) in [6.45, 7) is 0.774. The number of carbonyl (C=O) groups is 1. The smallest absolute Gasteiger partial charge is 0.350 e. The van der Waals surface area contributed by atoms with Crippen LogP contribution in [0.3, 0.4) is 0 Å². The van der Waals surface area contributed by atoms with Gasteiger partial charge in [-0.05, 0) is 18.6 Å². The van der Waals surface area contributed by atoms with Gasteiger partial charge < -0.3 is 10.0 Å². The molecule has 1 unspecified atom stereocenters. The normalized spacial score (nSPS) is 19.2. The summed E-state index contributed by atoms with van der Waals surface area (Å²) in [6, 6.07) is 5.23. The number of pyridine rings is 1. The number of fused-ring (bicyclic) bond motifs is 1. The Morgan fingerprint density at radius 3 is 3.00 bits per heavy atom. The van der Waals surface area contributed by atoms with Gasteiger partial charge in [-0.3, -0.25) is 9.20 Å². The molecule has 2 aromatic rings. The molecule has 7 nitrogen and oxygen atoms in total. The highest BCUT2D eigenvalue weighted by Gasteiger charge is 2.25. The van der Waals surface area contributed by atoms with Crippen LogP contribution in [0.4, 0.5) is 0 Å². The lowest BCUT2D eigenvalue weighted by Gasteiger charge is -2.14. The molecule has 0 saturated carbocycles. The molecule has 0 aliphatic carbocycles. The van der Waals surface area contributed by atoms with E-state index in [1.807, 2.05) is 0 Å². The van der Waals surface area contributed by atoms with Crippen LogP contribution in [0, 0.1) is 0 Å². The number of aliphatic hydroxyl groups is 1. The van der Waals surface area contributed by atoms with Gasteiger partial charge in [-0.15, -0.1) is 5.10 Å². The maximum Gasteiger partial charge on any atom is 0.350 e. The number of aliphatic hydroxyl groups excluding tert-OH is 1. The first-order valence-corrected chi connectivity index (χ1v) is 6.15. The zero-order chi connectivity index (χ0) is 13.4. The number of likely N-dealkylation sites (tertiary alicyclic amines) is 1. The summed E-state index contributed by atoms with van der Waals surface area (Å²) in [5, 5.41) is 13.5. The van der Waals surface area contributed by atoms with E-state index in [2.05, 4.69) is 5.10 Å². The number of rotatable bonds is 2. The number of nitrogens with zero attached hydrogens (tertiary/aromatic N) is 4. The Labute approximate surface area is 108 Å². The van der Waals surface area contributed by atoms with Crippen LogP contribution < -0.4 is 5.69 Å². The molecule has 1 amide bonds. The molecule has 1 atom stereocenters. The van der Waals surface area contributed by atoms with Gasteiger partial charge >= 0.3 is 5.69 Å². The Bertz CT molecular complexity index is 675. The molecule has 0 spiro atoms. The minimum Gasteiger partial charge on any atom is -0.391 e. The van der Waals surface area contributed by atoms with Crippen molar-refractivity contribution in [1.29, 1.82) is 0 Å². The van der Waals surface area contributed by atoms with E-state index in [1.54, 1.807) is 29.3 Å². The first-order chi connectivity index (χ1) is 9.15. The second-order valence-corrected chi connectivity index (χ2v) is 4.65. The van der Waals surface area contributed by atoms with E-state index in [-0.39, 0.29) is 18.1 Å². The lowest BCUT2D eigenvalue weighted by Crippen LogP contribution is -2.35. The fourth-order valence-electron chi connectivity index (χ4n) is 2.27. The van der Waals surface area contributed by atoms with Crippen molar-refractivity contribution in [2.24, 2.45) is 0 Å². The molecule has 0 radical (unpaired) electrons. The van der Waals surface area contributed by atoms with Crippen LogP contribution in [0.1, 0.15) is 6.42 Å². The van der Waals surface area contributed by atoms with Crippen molar-refractivity contribution in [3.05, 3.63) is 34.9 Å². The number of β-amino-alcohol motifs (C(OH)–C–C–N with tert-alkyl or cyclic N) is 1. The highest BCUT2D eigenvalue weighted by Crippen LogP contribution is 2.09. The van der Waals surface area contributed by atoms with E-state index >= 15 is 0 Å². The predicted molar refractivity (Wildman–Crippen MR) is 66.7 cm³/mol. The highest BCUT2D eigenvalue weighted by atomic mass is 16.3. The Hall–Kier alpha value is -2.15. The van der Waals surface area contributed by atoms with Gasteiger partial charge in [-0.25, -0.2) is 9.48 Å². The SMILES string of the molecule is O=C(Cn1nc2ccccn2c1=O)N1CCC(O)C1. The molecule has 1 fully saturated rings. The summed E-state index contributed by atoms with van der Waals surface area (Å²) >= 11 is 0. The first-order valence-electron chi connectivity index (χ1n) is 6.15. The summed E-state index contributed by atoms with van der Waals surface area (Å²) in [7, 11) is 0. The number of carbonyl (C=O) groups excluding carboxylic acids is 1. The third-order valence-corrected chi connectivity index (χ3v) is 3.29. The van der Waals surface area contributed by atoms with Gasteiger partial charge in [-0.2, -0.15) is 0 Å². The molecule has 0 aromatic carbocycles. The molecular formula is C12H14N4O3. The van der Waals surface area contributed by atoms with Crippen LogP contribution in [0.15, 0.2) is 29.2 Å². The van der Waals surface area contributed by atoms with Crippen LogP contribution in [-0.4, -0.2) is 49.3 Å². The summed E-state index contributed by atoms with van der Waals surface area (Å²) in [5.74, 6) is -0.193. The van der Waals surface area contributed by atoms with Crippen molar-refractivity contribution >= 4 is 11.6 Å². The zero-order valence-corrected chi connectivity index (χ0v) is 10.3. The average Bonchev–Trinajstić information content (AvgIpc) is 2.96. The predicted octanol–water partition coefficient (Wildman–Crippen LogP) is -0.911. The van der Waals surface area contributed by atoms with Gasteiger partial charge in [0.1, 0.15) is 6.54 Å². The largest absolute Gasteiger partial charge is 0.391 e. The van der Waals surface area contributed by atoms with Gasteiger partial charge in [0.05, 0.1) is 6.10 Å². The molecule has 2 aromatic heterocycles. The molecule has 0 bridgehead atoms. The van der Waals surface area contributed by atoms with Crippen molar-refractivity contribution < 1.29 is 9.90 Å². The summed E-state index contributed by atoms with van der Waals surface area (Å²) in [5.41, 5.74) is 0.186. The van der Waals surface area contributed by atoms with E-state index in [9.17, 15) is 14.7 Å². The quantitative estimate of drug-likeness (QED) is 0.760. The summed E-state index contributed by atoms with van der Waals surface area (Å²) < 4.78 is 2.55. The van der Waals surface area contributed by atoms with Gasteiger partial charge in [0.25, 0.3) is 0 Å². The van der Waals surface area contributed by atoms with Crippen LogP contribution in [0.2, 0.25) is 0 Å². The van der Waals surface area contributed by atoms with E-state index < -0.39 is 6.10 Å². The lowest BCUT2D eigenvalue weighted by molar-refractivity contribution is -0.131. The maximum absolute atomic E-state index is 12.0. The van der Waals surface area contributed by atoms with E-state index in [1.165, 1.54) is 4.40 Å². The fourth-order valence-corrected chi connectivity index (χ4v) is 2.27. The second-order valence-electron chi connectivity index (χ2n) is 4.65. The lowest BCUT2D eigenvalue weighted by atomic mass is 10.3. The Morgan fingerprint density at radius 2 is 2.32 bits per heavy atom. The molecule has 1 aliphatic heterocycles. The second kappa shape index (κ2) is 4.51. The molecule has 3 rings (SSSR count). The number of hydrogen-bond acceptors (Lipinski definition) is 4.